The fraction of sp³-hybridized carbons (Fsp3) is 0.357. The van der Waals surface area contributed by atoms with Crippen LogP contribution in [-0.2, 0) is 19.1 Å². The molecule has 0 atom stereocenters. The number of Topliss-reactive ketones (excluding diaryl/α,β-unsaturated/α-hetero) is 1. The van der Waals surface area contributed by atoms with E-state index < -0.39 is 29.5 Å². The average Bonchev–Trinajstić information content (AvgIpc) is 2.45. The van der Waals surface area contributed by atoms with Gasteiger partial charge < -0.3 is 9.47 Å². The molecule has 0 aliphatic heterocycles. The molecule has 0 fully saturated rings. The molecule has 0 heterocycles. The second kappa shape index (κ2) is 8.24. The summed E-state index contributed by atoms with van der Waals surface area (Å²) in [6.07, 6.45) is 0. The van der Waals surface area contributed by atoms with Gasteiger partial charge in [0.25, 0.3) is 0 Å². The van der Waals surface area contributed by atoms with Crippen LogP contribution in [0.2, 0.25) is 5.02 Å². The Morgan fingerprint density at radius 3 is 2.14 bits per heavy atom. The fourth-order valence-electron chi connectivity index (χ4n) is 1.63. The third-order valence-corrected chi connectivity index (χ3v) is 3.67. The largest absolute Gasteiger partial charge is 0.465 e. The van der Waals surface area contributed by atoms with Crippen molar-refractivity contribution in [3.8, 4) is 0 Å². The van der Waals surface area contributed by atoms with E-state index in [0.29, 0.717) is 0 Å². The molecule has 1 aromatic rings. The van der Waals surface area contributed by atoms with Crippen LogP contribution >= 0.6 is 27.5 Å². The van der Waals surface area contributed by atoms with Gasteiger partial charge in [-0.1, -0.05) is 11.6 Å². The van der Waals surface area contributed by atoms with Gasteiger partial charge in [0.15, 0.2) is 11.6 Å². The molecular weight excluding hydrogens is 383 g/mol. The van der Waals surface area contributed by atoms with E-state index in [4.69, 9.17) is 21.1 Å². The zero-order valence-corrected chi connectivity index (χ0v) is 14.2. The van der Waals surface area contributed by atoms with Crippen LogP contribution in [0.3, 0.4) is 0 Å². The summed E-state index contributed by atoms with van der Waals surface area (Å²) in [5, 5.41) is -0.202. The quantitative estimate of drug-likeness (QED) is 0.320. The minimum atomic E-state index is -1.81. The molecule has 0 saturated carbocycles. The van der Waals surface area contributed by atoms with E-state index >= 15 is 0 Å². The van der Waals surface area contributed by atoms with Gasteiger partial charge in [0, 0.05) is 5.56 Å². The Labute approximate surface area is 139 Å². The first kappa shape index (κ1) is 18.6. The Balaban J connectivity index is 3.25. The summed E-state index contributed by atoms with van der Waals surface area (Å²) in [6.45, 7) is 3.03. The highest BCUT2D eigenvalue weighted by atomic mass is 79.9. The SMILES string of the molecule is CCOC(=O)C(C(=O)OCC)C(=O)c1ccc(Cl)c(F)c1Br. The van der Waals surface area contributed by atoms with Crippen LogP contribution in [0.15, 0.2) is 16.6 Å². The molecule has 0 aliphatic rings. The lowest BCUT2D eigenvalue weighted by Crippen LogP contribution is -2.35. The number of hydrogen-bond donors (Lipinski definition) is 0. The second-order valence-corrected chi connectivity index (χ2v) is 5.22. The van der Waals surface area contributed by atoms with Crippen LogP contribution in [0.25, 0.3) is 0 Å². The number of benzene rings is 1. The van der Waals surface area contributed by atoms with E-state index in [2.05, 4.69) is 15.9 Å². The highest BCUT2D eigenvalue weighted by Crippen LogP contribution is 2.29. The standard InChI is InChI=1S/C14H13BrClFO5/c1-3-21-13(19)9(14(20)22-4-2)12(18)7-5-6-8(16)11(17)10(7)15/h5-6,9H,3-4H2,1-2H3. The molecule has 1 rings (SSSR count). The molecule has 0 aromatic heterocycles. The van der Waals surface area contributed by atoms with Gasteiger partial charge in [-0.15, -0.1) is 0 Å². The molecule has 1 aromatic carbocycles. The topological polar surface area (TPSA) is 69.7 Å². The molecule has 0 N–H and O–H groups in total. The molecule has 120 valence electrons. The molecule has 0 unspecified atom stereocenters. The molecule has 0 spiro atoms. The lowest BCUT2D eigenvalue weighted by molar-refractivity contribution is -0.158. The third-order valence-electron chi connectivity index (χ3n) is 2.61. The highest BCUT2D eigenvalue weighted by Gasteiger charge is 2.38. The van der Waals surface area contributed by atoms with Crippen molar-refractivity contribution in [2.45, 2.75) is 13.8 Å². The second-order valence-electron chi connectivity index (χ2n) is 4.02. The van der Waals surface area contributed by atoms with Gasteiger partial charge in [-0.25, -0.2) is 4.39 Å². The Morgan fingerprint density at radius 2 is 1.68 bits per heavy atom. The minimum Gasteiger partial charge on any atom is -0.465 e. The molecule has 8 heteroatoms. The maximum atomic E-state index is 13.7. The van der Waals surface area contributed by atoms with Crippen molar-refractivity contribution >= 4 is 45.3 Å². The van der Waals surface area contributed by atoms with Crippen molar-refractivity contribution in [2.75, 3.05) is 13.2 Å². The van der Waals surface area contributed by atoms with Gasteiger partial charge in [-0.2, -0.15) is 0 Å². The number of carbonyl (C=O) groups excluding carboxylic acids is 3. The summed E-state index contributed by atoms with van der Waals surface area (Å²) in [4.78, 5) is 36.1. The van der Waals surface area contributed by atoms with E-state index in [1.807, 2.05) is 0 Å². The van der Waals surface area contributed by atoms with Crippen LogP contribution < -0.4 is 0 Å². The first-order chi connectivity index (χ1) is 10.3. The number of carbonyl (C=O) groups is 3. The number of esters is 2. The summed E-state index contributed by atoms with van der Waals surface area (Å²) >= 11 is 8.49. The number of ether oxygens (including phenoxy) is 2. The van der Waals surface area contributed by atoms with E-state index in [0.717, 1.165) is 6.07 Å². The summed E-state index contributed by atoms with van der Waals surface area (Å²) in [6, 6.07) is 2.37. The Kier molecular flexibility index (Phi) is 6.96. The van der Waals surface area contributed by atoms with E-state index in [9.17, 15) is 18.8 Å². The first-order valence-electron chi connectivity index (χ1n) is 6.36. The first-order valence-corrected chi connectivity index (χ1v) is 7.53. The van der Waals surface area contributed by atoms with Gasteiger partial charge in [0.05, 0.1) is 22.7 Å². The van der Waals surface area contributed by atoms with Crippen molar-refractivity contribution in [3.63, 3.8) is 0 Å². The molecule has 0 saturated heterocycles. The highest BCUT2D eigenvalue weighted by molar-refractivity contribution is 9.10. The van der Waals surface area contributed by atoms with Crippen LogP contribution in [0.5, 0.6) is 0 Å². The fourth-order valence-corrected chi connectivity index (χ4v) is 2.45. The van der Waals surface area contributed by atoms with Crippen LogP contribution in [0.1, 0.15) is 24.2 Å². The van der Waals surface area contributed by atoms with E-state index in [1.165, 1.54) is 19.9 Å². The summed E-state index contributed by atoms with van der Waals surface area (Å²) in [5.74, 6) is -5.70. The predicted octanol–water partition coefficient (Wildman–Crippen LogP) is 3.17. The molecule has 0 amide bonds. The smallest absolute Gasteiger partial charge is 0.328 e. The number of halogens is 3. The Bertz CT molecular complexity index is 587. The van der Waals surface area contributed by atoms with Crippen molar-refractivity contribution in [3.05, 3.63) is 33.0 Å². The minimum absolute atomic E-state index is 0.0157. The molecule has 5 nitrogen and oxygen atoms in total. The lowest BCUT2D eigenvalue weighted by atomic mass is 9.97. The molecule has 0 radical (unpaired) electrons. The predicted molar refractivity (Wildman–Crippen MR) is 80.2 cm³/mol. The van der Waals surface area contributed by atoms with Gasteiger partial charge >= 0.3 is 11.9 Å². The van der Waals surface area contributed by atoms with Crippen molar-refractivity contribution in [1.82, 2.24) is 0 Å². The lowest BCUT2D eigenvalue weighted by Gasteiger charge is -2.14. The maximum absolute atomic E-state index is 13.7. The Morgan fingerprint density at radius 1 is 1.18 bits per heavy atom. The molecule has 0 aliphatic carbocycles. The van der Waals surface area contributed by atoms with Crippen molar-refractivity contribution in [1.29, 1.82) is 0 Å². The van der Waals surface area contributed by atoms with Gasteiger partial charge in [0.1, 0.15) is 0 Å². The third kappa shape index (κ3) is 4.04. The molecule has 22 heavy (non-hydrogen) atoms. The van der Waals surface area contributed by atoms with Gasteiger partial charge in [-0.3, -0.25) is 14.4 Å². The van der Waals surface area contributed by atoms with Crippen molar-refractivity contribution in [2.24, 2.45) is 5.92 Å². The summed E-state index contributed by atoms with van der Waals surface area (Å²) in [5.41, 5.74) is -0.201. The van der Waals surface area contributed by atoms with Crippen LogP contribution in [0.4, 0.5) is 4.39 Å². The normalized spacial score (nSPS) is 10.5. The monoisotopic (exact) mass is 394 g/mol. The number of rotatable bonds is 6. The average molecular weight is 396 g/mol. The van der Waals surface area contributed by atoms with Gasteiger partial charge in [0.2, 0.25) is 5.92 Å². The van der Waals surface area contributed by atoms with Crippen molar-refractivity contribution < 1.29 is 28.2 Å². The summed E-state index contributed by atoms with van der Waals surface area (Å²) in [7, 11) is 0. The maximum Gasteiger partial charge on any atom is 0.328 e. The van der Waals surface area contributed by atoms with Gasteiger partial charge in [-0.05, 0) is 41.9 Å². The Hall–Kier alpha value is -1.47. The molecule has 0 bridgehead atoms. The zero-order valence-electron chi connectivity index (χ0n) is 11.8. The van der Waals surface area contributed by atoms with Crippen LogP contribution in [-0.4, -0.2) is 30.9 Å². The molecular formula is C14H13BrClFO5. The number of hydrogen-bond acceptors (Lipinski definition) is 5. The van der Waals surface area contributed by atoms with Crippen LogP contribution in [0, 0.1) is 11.7 Å². The zero-order chi connectivity index (χ0) is 16.9. The van der Waals surface area contributed by atoms with E-state index in [1.54, 1.807) is 0 Å². The van der Waals surface area contributed by atoms with E-state index in [-0.39, 0.29) is 28.3 Å². The number of ketones is 1. The summed E-state index contributed by atoms with van der Waals surface area (Å²) < 4.78 is 22.9.